The number of unbranched alkanes of at least 4 members (excludes halogenated alkanes) is 1. The van der Waals surface area contributed by atoms with Crippen LogP contribution >= 0.6 is 0 Å². The fraction of sp³-hybridized carbons (Fsp3) is 0.650. The molecule has 146 valence electrons. The molecule has 0 unspecified atom stereocenters. The maximum Gasteiger partial charge on any atom is 0.191 e. The lowest BCUT2D eigenvalue weighted by Gasteiger charge is -2.36. The van der Waals surface area contributed by atoms with Crippen LogP contribution in [0.15, 0.2) is 35.3 Å². The number of ether oxygens (including phenoxy) is 1. The van der Waals surface area contributed by atoms with E-state index in [1.165, 1.54) is 18.7 Å². The zero-order valence-corrected chi connectivity index (χ0v) is 16.4. The molecule has 1 aromatic carbocycles. The summed E-state index contributed by atoms with van der Waals surface area (Å²) in [6.07, 6.45) is 2.33. The van der Waals surface area contributed by atoms with Crippen LogP contribution in [0.2, 0.25) is 0 Å². The third-order valence-electron chi connectivity index (χ3n) is 4.59. The number of guanidine groups is 1. The second kappa shape index (κ2) is 12.5. The van der Waals surface area contributed by atoms with Crippen molar-refractivity contribution in [1.29, 1.82) is 0 Å². The van der Waals surface area contributed by atoms with Crippen molar-refractivity contribution in [2.24, 2.45) is 4.99 Å². The van der Waals surface area contributed by atoms with Crippen molar-refractivity contribution in [2.75, 3.05) is 71.0 Å². The molecule has 1 aliphatic heterocycles. The number of piperazine rings is 1. The molecule has 0 bridgehead atoms. The molecule has 0 amide bonds. The van der Waals surface area contributed by atoms with Crippen molar-refractivity contribution in [3.63, 3.8) is 0 Å². The topological polar surface area (TPSA) is 52.1 Å². The van der Waals surface area contributed by atoms with E-state index in [1.807, 2.05) is 0 Å². The van der Waals surface area contributed by atoms with E-state index in [4.69, 9.17) is 4.74 Å². The lowest BCUT2D eigenvalue weighted by atomic mass is 10.2. The summed E-state index contributed by atoms with van der Waals surface area (Å²) in [5.74, 6) is 0.890. The van der Waals surface area contributed by atoms with E-state index in [-0.39, 0.29) is 0 Å². The molecule has 6 heteroatoms. The molecule has 0 atom stereocenters. The summed E-state index contributed by atoms with van der Waals surface area (Å²) >= 11 is 0. The molecule has 0 aromatic heterocycles. The molecule has 0 spiro atoms. The number of methoxy groups -OCH3 is 1. The predicted molar refractivity (Wildman–Crippen MR) is 110 cm³/mol. The zero-order valence-electron chi connectivity index (χ0n) is 16.4. The highest BCUT2D eigenvalue weighted by molar-refractivity contribution is 5.79. The molecule has 0 saturated carbocycles. The molecular weight excluding hydrogens is 326 g/mol. The first-order valence-corrected chi connectivity index (χ1v) is 9.87. The van der Waals surface area contributed by atoms with Crippen LogP contribution in [0.1, 0.15) is 19.8 Å². The Labute approximate surface area is 158 Å². The number of hydrogen-bond donors (Lipinski definition) is 2. The van der Waals surface area contributed by atoms with Crippen molar-refractivity contribution >= 4 is 11.6 Å². The van der Waals surface area contributed by atoms with Crippen molar-refractivity contribution in [3.05, 3.63) is 30.3 Å². The maximum absolute atomic E-state index is 5.06. The standard InChI is InChI=1S/C20H35N5O/c1-3-21-20(23-12-18-26-2)22-11-7-8-13-24-14-16-25(17-15-24)19-9-5-4-6-10-19/h4-6,9-10H,3,7-8,11-18H2,1-2H3,(H2,21,22,23). The van der Waals surface area contributed by atoms with E-state index in [9.17, 15) is 0 Å². The van der Waals surface area contributed by atoms with E-state index in [0.29, 0.717) is 6.61 Å². The lowest BCUT2D eigenvalue weighted by Crippen LogP contribution is -2.46. The Hall–Kier alpha value is -1.79. The van der Waals surface area contributed by atoms with Gasteiger partial charge in [-0.25, -0.2) is 0 Å². The fourth-order valence-corrected chi connectivity index (χ4v) is 3.12. The highest BCUT2D eigenvalue weighted by Gasteiger charge is 2.16. The van der Waals surface area contributed by atoms with Gasteiger partial charge in [0.05, 0.1) is 6.61 Å². The van der Waals surface area contributed by atoms with Gasteiger partial charge in [0.25, 0.3) is 0 Å². The highest BCUT2D eigenvalue weighted by Crippen LogP contribution is 2.15. The van der Waals surface area contributed by atoms with Gasteiger partial charge >= 0.3 is 0 Å². The number of nitrogens with zero attached hydrogens (tertiary/aromatic N) is 3. The van der Waals surface area contributed by atoms with Gasteiger partial charge in [-0.15, -0.1) is 0 Å². The van der Waals surface area contributed by atoms with E-state index in [2.05, 4.69) is 62.7 Å². The third kappa shape index (κ3) is 7.62. The summed E-state index contributed by atoms with van der Waals surface area (Å²) in [4.78, 5) is 9.69. The molecule has 1 aromatic rings. The largest absolute Gasteiger partial charge is 0.383 e. The summed E-state index contributed by atoms with van der Waals surface area (Å²) in [7, 11) is 1.71. The second-order valence-corrected chi connectivity index (χ2v) is 6.55. The minimum Gasteiger partial charge on any atom is -0.383 e. The lowest BCUT2D eigenvalue weighted by molar-refractivity contribution is 0.203. The first kappa shape index (κ1) is 20.5. The molecule has 0 aliphatic carbocycles. The van der Waals surface area contributed by atoms with Gasteiger partial charge in [0.2, 0.25) is 0 Å². The molecule has 2 rings (SSSR count). The summed E-state index contributed by atoms with van der Waals surface area (Å²) in [5.41, 5.74) is 1.35. The zero-order chi connectivity index (χ0) is 18.5. The molecule has 26 heavy (non-hydrogen) atoms. The Bertz CT molecular complexity index is 500. The fourth-order valence-electron chi connectivity index (χ4n) is 3.12. The van der Waals surface area contributed by atoms with Gasteiger partial charge in [-0.05, 0) is 38.4 Å². The highest BCUT2D eigenvalue weighted by atomic mass is 16.5. The molecule has 1 aliphatic rings. The average Bonchev–Trinajstić information content (AvgIpc) is 2.69. The van der Waals surface area contributed by atoms with Gasteiger partial charge in [0, 0.05) is 58.6 Å². The van der Waals surface area contributed by atoms with E-state index in [0.717, 1.165) is 58.2 Å². The molecule has 1 saturated heterocycles. The number of anilines is 1. The normalized spacial score (nSPS) is 15.9. The van der Waals surface area contributed by atoms with Crippen LogP contribution in [-0.2, 0) is 4.74 Å². The second-order valence-electron chi connectivity index (χ2n) is 6.55. The SMILES string of the molecule is CCNC(=NCCCCN1CCN(c2ccccc2)CC1)NCCOC. The van der Waals surface area contributed by atoms with Gasteiger partial charge in [0.15, 0.2) is 5.96 Å². The summed E-state index contributed by atoms with van der Waals surface area (Å²) in [6.45, 7) is 11.0. The van der Waals surface area contributed by atoms with Crippen LogP contribution < -0.4 is 15.5 Å². The summed E-state index contributed by atoms with van der Waals surface area (Å²) in [6, 6.07) is 10.7. The molecule has 2 N–H and O–H groups in total. The number of nitrogens with one attached hydrogen (secondary N) is 2. The quantitative estimate of drug-likeness (QED) is 0.378. The van der Waals surface area contributed by atoms with Crippen LogP contribution in [-0.4, -0.2) is 76.9 Å². The molecule has 1 heterocycles. The molecular formula is C20H35N5O. The predicted octanol–water partition coefficient (Wildman–Crippen LogP) is 1.79. The van der Waals surface area contributed by atoms with Crippen molar-refractivity contribution in [1.82, 2.24) is 15.5 Å². The Balaban J connectivity index is 1.59. The van der Waals surface area contributed by atoms with Gasteiger partial charge in [-0.3, -0.25) is 9.89 Å². The number of benzene rings is 1. The molecule has 0 radical (unpaired) electrons. The van der Waals surface area contributed by atoms with Crippen LogP contribution in [0.25, 0.3) is 0 Å². The van der Waals surface area contributed by atoms with Crippen molar-refractivity contribution < 1.29 is 4.74 Å². The number of hydrogen-bond acceptors (Lipinski definition) is 4. The van der Waals surface area contributed by atoms with Gasteiger partial charge in [0.1, 0.15) is 0 Å². The van der Waals surface area contributed by atoms with E-state index >= 15 is 0 Å². The van der Waals surface area contributed by atoms with Gasteiger partial charge in [-0.1, -0.05) is 18.2 Å². The van der Waals surface area contributed by atoms with Crippen LogP contribution in [0, 0.1) is 0 Å². The first-order valence-electron chi connectivity index (χ1n) is 9.87. The first-order chi connectivity index (χ1) is 12.8. The molecule has 6 nitrogen and oxygen atoms in total. The third-order valence-corrected chi connectivity index (χ3v) is 4.59. The maximum atomic E-state index is 5.06. The Morgan fingerprint density at radius 1 is 1.08 bits per heavy atom. The minimum absolute atomic E-state index is 0.694. The Morgan fingerprint density at radius 3 is 2.54 bits per heavy atom. The van der Waals surface area contributed by atoms with Crippen LogP contribution in [0.3, 0.4) is 0 Å². The van der Waals surface area contributed by atoms with Crippen LogP contribution in [0.4, 0.5) is 5.69 Å². The smallest absolute Gasteiger partial charge is 0.191 e. The number of para-hydroxylation sites is 1. The summed E-state index contributed by atoms with van der Waals surface area (Å²) in [5, 5.41) is 6.55. The average molecular weight is 362 g/mol. The monoisotopic (exact) mass is 361 g/mol. The number of rotatable bonds is 10. The number of aliphatic imine (C=N–C) groups is 1. The summed E-state index contributed by atoms with van der Waals surface area (Å²) < 4.78 is 5.06. The molecule has 1 fully saturated rings. The van der Waals surface area contributed by atoms with Gasteiger partial charge < -0.3 is 20.3 Å². The van der Waals surface area contributed by atoms with E-state index < -0.39 is 0 Å². The van der Waals surface area contributed by atoms with Gasteiger partial charge in [-0.2, -0.15) is 0 Å². The van der Waals surface area contributed by atoms with E-state index in [1.54, 1.807) is 7.11 Å². The van der Waals surface area contributed by atoms with Crippen molar-refractivity contribution in [3.8, 4) is 0 Å². The van der Waals surface area contributed by atoms with Crippen molar-refractivity contribution in [2.45, 2.75) is 19.8 Å². The Morgan fingerprint density at radius 2 is 1.85 bits per heavy atom. The minimum atomic E-state index is 0.694. The van der Waals surface area contributed by atoms with Crippen LogP contribution in [0.5, 0.6) is 0 Å². The Kier molecular flexibility index (Phi) is 9.90.